The van der Waals surface area contributed by atoms with Crippen molar-refractivity contribution in [2.45, 2.75) is 44.0 Å². The van der Waals surface area contributed by atoms with Crippen LogP contribution in [0.5, 0.6) is 0 Å². The van der Waals surface area contributed by atoms with Gasteiger partial charge >= 0.3 is 0 Å². The highest BCUT2D eigenvalue weighted by Gasteiger charge is 2.47. The Morgan fingerprint density at radius 2 is 1.60 bits per heavy atom. The van der Waals surface area contributed by atoms with Crippen molar-refractivity contribution in [3.8, 4) is 0 Å². The number of benzene rings is 2. The molecule has 2 aliphatic rings. The van der Waals surface area contributed by atoms with Gasteiger partial charge in [-0.1, -0.05) is 36.6 Å². The molecule has 2 fully saturated rings. The van der Waals surface area contributed by atoms with Gasteiger partial charge in [0.25, 0.3) is 10.0 Å². The van der Waals surface area contributed by atoms with Gasteiger partial charge in [-0.15, -0.1) is 0 Å². The number of amides is 2. The fourth-order valence-corrected chi connectivity index (χ4v) is 5.81. The van der Waals surface area contributed by atoms with Crippen molar-refractivity contribution < 1.29 is 18.0 Å². The Balaban J connectivity index is 1.58. The molecule has 1 N–H and O–H groups in total. The molecule has 0 spiro atoms. The van der Waals surface area contributed by atoms with Crippen molar-refractivity contribution in [3.63, 3.8) is 0 Å². The second kappa shape index (κ2) is 8.04. The van der Waals surface area contributed by atoms with Crippen LogP contribution < -0.4 is 4.72 Å². The van der Waals surface area contributed by atoms with E-state index in [1.165, 1.54) is 11.0 Å². The van der Waals surface area contributed by atoms with E-state index in [1.54, 1.807) is 43.3 Å². The molecule has 1 aliphatic carbocycles. The van der Waals surface area contributed by atoms with E-state index in [1.807, 2.05) is 0 Å². The van der Waals surface area contributed by atoms with Crippen LogP contribution >= 0.6 is 11.6 Å². The second-order valence-corrected chi connectivity index (χ2v) is 10.1. The zero-order valence-electron chi connectivity index (χ0n) is 16.6. The van der Waals surface area contributed by atoms with Gasteiger partial charge in [0.15, 0.2) is 0 Å². The van der Waals surface area contributed by atoms with E-state index < -0.39 is 10.0 Å². The Morgan fingerprint density at radius 1 is 1.00 bits per heavy atom. The lowest BCUT2D eigenvalue weighted by molar-refractivity contribution is -0.140. The average molecular weight is 447 g/mol. The van der Waals surface area contributed by atoms with E-state index in [-0.39, 0.29) is 35.1 Å². The van der Waals surface area contributed by atoms with Crippen LogP contribution in [0.15, 0.2) is 47.4 Å². The number of carbonyl (C=O) groups is 2. The van der Waals surface area contributed by atoms with Gasteiger partial charge in [-0.3, -0.25) is 19.2 Å². The van der Waals surface area contributed by atoms with Crippen LogP contribution in [-0.4, -0.2) is 25.1 Å². The number of rotatable bonds is 5. The molecule has 2 aromatic rings. The molecule has 1 heterocycles. The minimum atomic E-state index is -3.84. The molecule has 0 unspecified atom stereocenters. The van der Waals surface area contributed by atoms with E-state index in [9.17, 15) is 18.0 Å². The molecule has 2 atom stereocenters. The minimum Gasteiger partial charge on any atom is -0.280 e. The number of imide groups is 1. The Hall–Kier alpha value is -2.38. The smallest absolute Gasteiger partial charge is 0.262 e. The number of nitrogens with zero attached hydrogens (tertiary/aromatic N) is 1. The highest BCUT2D eigenvalue weighted by molar-refractivity contribution is 7.92. The molecule has 2 aromatic carbocycles. The van der Waals surface area contributed by atoms with Gasteiger partial charge in [0, 0.05) is 10.7 Å². The number of sulfonamides is 1. The number of fused-ring (bicyclic) bond motifs is 1. The summed E-state index contributed by atoms with van der Waals surface area (Å²) in [7, 11) is -3.84. The summed E-state index contributed by atoms with van der Waals surface area (Å²) in [5.74, 6) is -0.694. The summed E-state index contributed by atoms with van der Waals surface area (Å²) in [6.45, 7) is 1.80. The van der Waals surface area contributed by atoms with Crippen molar-refractivity contribution in [1.82, 2.24) is 4.90 Å². The van der Waals surface area contributed by atoms with Crippen LogP contribution in [0.3, 0.4) is 0 Å². The van der Waals surface area contributed by atoms with Crippen LogP contribution in [0.2, 0.25) is 5.02 Å². The summed E-state index contributed by atoms with van der Waals surface area (Å²) >= 11 is 5.86. The lowest BCUT2D eigenvalue weighted by atomic mass is 9.81. The summed E-state index contributed by atoms with van der Waals surface area (Å²) in [5, 5.41) is 0.511. The zero-order chi connectivity index (χ0) is 21.5. The van der Waals surface area contributed by atoms with Gasteiger partial charge in [0.1, 0.15) is 0 Å². The van der Waals surface area contributed by atoms with Crippen molar-refractivity contribution >= 4 is 39.1 Å². The van der Waals surface area contributed by atoms with Crippen LogP contribution in [0.4, 0.5) is 5.69 Å². The number of nitrogens with one attached hydrogen (secondary N) is 1. The highest BCUT2D eigenvalue weighted by Crippen LogP contribution is 2.38. The Labute approximate surface area is 181 Å². The number of hydrogen-bond acceptors (Lipinski definition) is 4. The third-order valence-electron chi connectivity index (χ3n) is 5.91. The number of likely N-dealkylation sites (tertiary alicyclic amines) is 1. The maximum absolute atomic E-state index is 12.9. The van der Waals surface area contributed by atoms with Crippen molar-refractivity contribution in [2.24, 2.45) is 11.8 Å². The topological polar surface area (TPSA) is 83.6 Å². The van der Waals surface area contributed by atoms with Gasteiger partial charge < -0.3 is 0 Å². The molecule has 30 heavy (non-hydrogen) atoms. The third-order valence-corrected chi connectivity index (χ3v) is 7.69. The van der Waals surface area contributed by atoms with Crippen molar-refractivity contribution in [3.05, 3.63) is 58.6 Å². The zero-order valence-corrected chi connectivity index (χ0v) is 18.2. The summed E-state index contributed by atoms with van der Waals surface area (Å²) in [6.07, 6.45) is 3.45. The Kier molecular flexibility index (Phi) is 5.59. The normalized spacial score (nSPS) is 21.6. The highest BCUT2D eigenvalue weighted by atomic mass is 35.5. The molecule has 0 radical (unpaired) electrons. The lowest BCUT2D eigenvalue weighted by Gasteiger charge is -2.19. The predicted octanol–water partition coefficient (Wildman–Crippen LogP) is 4.12. The second-order valence-electron chi connectivity index (χ2n) is 7.97. The SMILES string of the molecule is Cc1ccc(CN2C(=O)[C@H]3CCCC[C@@H]3C2=O)cc1S(=O)(=O)Nc1ccc(Cl)cc1. The summed E-state index contributed by atoms with van der Waals surface area (Å²) in [4.78, 5) is 26.9. The Bertz CT molecular complexity index is 1070. The first-order chi connectivity index (χ1) is 14.3. The van der Waals surface area contributed by atoms with E-state index in [4.69, 9.17) is 11.6 Å². The number of anilines is 1. The number of hydrogen-bond donors (Lipinski definition) is 1. The van der Waals surface area contributed by atoms with E-state index >= 15 is 0 Å². The molecular formula is C22H23ClN2O4S. The number of carbonyl (C=O) groups excluding carboxylic acids is 2. The van der Waals surface area contributed by atoms with Crippen molar-refractivity contribution in [2.75, 3.05) is 4.72 Å². The van der Waals surface area contributed by atoms with Crippen LogP contribution in [0.1, 0.15) is 36.8 Å². The predicted molar refractivity (Wildman–Crippen MR) is 114 cm³/mol. The van der Waals surface area contributed by atoms with Gasteiger partial charge in [0.2, 0.25) is 11.8 Å². The van der Waals surface area contributed by atoms with Gasteiger partial charge in [-0.2, -0.15) is 0 Å². The third kappa shape index (κ3) is 3.96. The molecule has 4 rings (SSSR count). The first-order valence-electron chi connectivity index (χ1n) is 9.99. The molecule has 1 saturated carbocycles. The van der Waals surface area contributed by atoms with Crippen LogP contribution in [0, 0.1) is 18.8 Å². The summed E-state index contributed by atoms with van der Waals surface area (Å²) < 4.78 is 28.4. The van der Waals surface area contributed by atoms with E-state index in [2.05, 4.69) is 4.72 Å². The molecule has 158 valence electrons. The van der Waals surface area contributed by atoms with Crippen LogP contribution in [0.25, 0.3) is 0 Å². The summed E-state index contributed by atoms with van der Waals surface area (Å²) in [6, 6.07) is 11.4. The molecule has 1 aliphatic heterocycles. The average Bonchev–Trinajstić information content (AvgIpc) is 2.96. The maximum Gasteiger partial charge on any atom is 0.262 e. The van der Waals surface area contributed by atoms with Gasteiger partial charge in [-0.05, 0) is 61.2 Å². The van der Waals surface area contributed by atoms with Crippen LogP contribution in [-0.2, 0) is 26.2 Å². The first-order valence-corrected chi connectivity index (χ1v) is 11.9. The van der Waals surface area contributed by atoms with E-state index in [0.29, 0.717) is 21.8 Å². The lowest BCUT2D eigenvalue weighted by Crippen LogP contribution is -2.30. The van der Waals surface area contributed by atoms with E-state index in [0.717, 1.165) is 25.7 Å². The fourth-order valence-electron chi connectivity index (χ4n) is 4.33. The number of halogens is 1. The van der Waals surface area contributed by atoms with Crippen molar-refractivity contribution in [1.29, 1.82) is 0 Å². The molecule has 0 bridgehead atoms. The molecular weight excluding hydrogens is 424 g/mol. The molecule has 0 aromatic heterocycles. The maximum atomic E-state index is 12.9. The quantitative estimate of drug-likeness (QED) is 0.700. The Morgan fingerprint density at radius 3 is 2.20 bits per heavy atom. The minimum absolute atomic E-state index is 0.0917. The summed E-state index contributed by atoms with van der Waals surface area (Å²) in [5.41, 5.74) is 1.59. The molecule has 2 amide bonds. The number of aryl methyl sites for hydroxylation is 1. The van der Waals surface area contributed by atoms with Gasteiger partial charge in [0.05, 0.1) is 23.3 Å². The fraction of sp³-hybridized carbons (Fsp3) is 0.364. The standard InChI is InChI=1S/C22H23ClN2O4S/c1-14-6-7-15(13-25-21(26)18-4-2-3-5-19(18)22(25)27)12-20(14)30(28,29)24-17-10-8-16(23)9-11-17/h6-12,18-19,24H,2-5,13H2,1H3/t18-,19-/m0/s1. The van der Waals surface area contributed by atoms with Gasteiger partial charge in [-0.25, -0.2) is 8.42 Å². The monoisotopic (exact) mass is 446 g/mol. The molecule has 8 heteroatoms. The molecule has 1 saturated heterocycles. The largest absolute Gasteiger partial charge is 0.280 e. The molecule has 6 nitrogen and oxygen atoms in total. The first kappa shape index (κ1) is 20.9.